The average molecular weight is 311 g/mol. The van der Waals surface area contributed by atoms with Crippen LogP contribution in [0.1, 0.15) is 57.9 Å². The molecule has 0 spiro atoms. The Morgan fingerprint density at radius 1 is 1.29 bits per heavy atom. The normalized spacial score (nSPS) is 18.5. The minimum absolute atomic E-state index is 0.198. The van der Waals surface area contributed by atoms with E-state index in [1.54, 1.807) is 6.07 Å². The van der Waals surface area contributed by atoms with Gasteiger partial charge in [-0.05, 0) is 54.9 Å². The lowest BCUT2D eigenvalue weighted by atomic mass is 9.84. The van der Waals surface area contributed by atoms with Crippen molar-refractivity contribution in [3.8, 4) is 5.75 Å². The number of rotatable bonds is 6. The quantitative estimate of drug-likeness (QED) is 0.603. The second-order valence-corrected chi connectivity index (χ2v) is 6.12. The molecule has 0 N–H and O–H groups in total. The van der Waals surface area contributed by atoms with Gasteiger partial charge in [0.2, 0.25) is 0 Å². The van der Waals surface area contributed by atoms with E-state index in [0.29, 0.717) is 6.61 Å². The van der Waals surface area contributed by atoms with Crippen LogP contribution in [0, 0.1) is 11.7 Å². The monoisotopic (exact) mass is 310 g/mol. The van der Waals surface area contributed by atoms with Crippen molar-refractivity contribution >= 4 is 17.2 Å². The van der Waals surface area contributed by atoms with Gasteiger partial charge in [0.05, 0.1) is 11.6 Å². The summed E-state index contributed by atoms with van der Waals surface area (Å²) in [5.74, 6) is 0.597. The van der Waals surface area contributed by atoms with Crippen LogP contribution >= 0.6 is 11.6 Å². The van der Waals surface area contributed by atoms with Gasteiger partial charge in [0, 0.05) is 0 Å². The zero-order chi connectivity index (χ0) is 15.2. The molecular formula is C18H24ClFO. The molecule has 1 unspecified atom stereocenters. The molecule has 2 rings (SSSR count). The lowest BCUT2D eigenvalue weighted by molar-refractivity contribution is 0.301. The summed E-state index contributed by atoms with van der Waals surface area (Å²) in [5.41, 5.74) is 2.00. The van der Waals surface area contributed by atoms with E-state index in [1.165, 1.54) is 24.8 Å². The summed E-state index contributed by atoms with van der Waals surface area (Å²) >= 11 is 6.21. The van der Waals surface area contributed by atoms with Crippen LogP contribution < -0.4 is 4.74 Å². The number of hydrogen-bond acceptors (Lipinski definition) is 1. The minimum atomic E-state index is -0.431. The highest BCUT2D eigenvalue weighted by atomic mass is 35.5. The Hall–Kier alpha value is -1.02. The fourth-order valence-corrected chi connectivity index (χ4v) is 3.18. The molecule has 1 aromatic rings. The first-order valence-electron chi connectivity index (χ1n) is 7.97. The molecule has 0 bridgehead atoms. The van der Waals surface area contributed by atoms with Crippen molar-refractivity contribution in [2.75, 3.05) is 6.61 Å². The smallest absolute Gasteiger partial charge is 0.184 e. The fraction of sp³-hybridized carbons (Fsp3) is 0.556. The van der Waals surface area contributed by atoms with E-state index in [4.69, 9.17) is 16.3 Å². The standard InChI is InChI=1S/C18H24ClFO/c1-3-5-13-6-8-14(9-7-13)15-10-11-16(21-12-4-2)18(20)17(15)19/h8,10-11,13H,3-7,9,12H2,1-2H3. The summed E-state index contributed by atoms with van der Waals surface area (Å²) in [7, 11) is 0. The van der Waals surface area contributed by atoms with Gasteiger partial charge in [0.1, 0.15) is 0 Å². The van der Waals surface area contributed by atoms with E-state index in [1.807, 2.05) is 13.0 Å². The van der Waals surface area contributed by atoms with Gasteiger partial charge in [0.25, 0.3) is 0 Å². The molecule has 0 heterocycles. The average Bonchev–Trinajstić information content (AvgIpc) is 2.50. The molecule has 1 atom stereocenters. The minimum Gasteiger partial charge on any atom is -0.490 e. The zero-order valence-corrected chi connectivity index (χ0v) is 13.7. The summed E-state index contributed by atoms with van der Waals surface area (Å²) in [6.07, 6.45) is 8.82. The van der Waals surface area contributed by atoms with E-state index in [0.717, 1.165) is 30.7 Å². The molecule has 0 saturated carbocycles. The molecule has 116 valence electrons. The molecule has 0 radical (unpaired) electrons. The molecule has 3 heteroatoms. The van der Waals surface area contributed by atoms with Crippen LogP contribution in [-0.4, -0.2) is 6.61 Å². The summed E-state index contributed by atoms with van der Waals surface area (Å²) in [6, 6.07) is 3.59. The lowest BCUT2D eigenvalue weighted by Gasteiger charge is -2.22. The van der Waals surface area contributed by atoms with Crippen LogP contribution in [0.25, 0.3) is 5.57 Å². The van der Waals surface area contributed by atoms with Gasteiger partial charge in [-0.15, -0.1) is 0 Å². The summed E-state index contributed by atoms with van der Waals surface area (Å²) in [6.45, 7) is 4.72. The Morgan fingerprint density at radius 3 is 2.71 bits per heavy atom. The molecule has 0 fully saturated rings. The molecule has 1 nitrogen and oxygen atoms in total. The predicted molar refractivity (Wildman–Crippen MR) is 87.4 cm³/mol. The largest absolute Gasteiger partial charge is 0.490 e. The SMILES string of the molecule is CCCOc1ccc(C2=CCC(CCC)CC2)c(Cl)c1F. The van der Waals surface area contributed by atoms with E-state index < -0.39 is 5.82 Å². The van der Waals surface area contributed by atoms with Crippen LogP contribution in [0.4, 0.5) is 4.39 Å². The summed E-state index contributed by atoms with van der Waals surface area (Å²) in [4.78, 5) is 0. The Bertz CT molecular complexity index is 510. The van der Waals surface area contributed by atoms with Crippen LogP contribution in [0.3, 0.4) is 0 Å². The number of ether oxygens (including phenoxy) is 1. The maximum Gasteiger partial charge on any atom is 0.184 e. The first kappa shape index (κ1) is 16.4. The first-order valence-corrected chi connectivity index (χ1v) is 8.35. The Kier molecular flexibility index (Phi) is 6.10. The van der Waals surface area contributed by atoms with Crippen LogP contribution in [0.2, 0.25) is 5.02 Å². The van der Waals surface area contributed by atoms with Gasteiger partial charge in [-0.1, -0.05) is 44.4 Å². The van der Waals surface area contributed by atoms with Gasteiger partial charge in [-0.2, -0.15) is 0 Å². The van der Waals surface area contributed by atoms with E-state index in [-0.39, 0.29) is 10.8 Å². The number of hydrogen-bond donors (Lipinski definition) is 0. The third kappa shape index (κ3) is 4.00. The van der Waals surface area contributed by atoms with Gasteiger partial charge >= 0.3 is 0 Å². The summed E-state index contributed by atoms with van der Waals surface area (Å²) in [5, 5.41) is 0.198. The van der Waals surface area contributed by atoms with Crippen molar-refractivity contribution in [1.82, 2.24) is 0 Å². The topological polar surface area (TPSA) is 9.23 Å². The van der Waals surface area contributed by atoms with E-state index in [9.17, 15) is 4.39 Å². The Balaban J connectivity index is 2.16. The zero-order valence-electron chi connectivity index (χ0n) is 12.9. The van der Waals surface area contributed by atoms with E-state index >= 15 is 0 Å². The van der Waals surface area contributed by atoms with Crippen molar-refractivity contribution in [1.29, 1.82) is 0 Å². The van der Waals surface area contributed by atoms with Crippen LogP contribution in [0.15, 0.2) is 18.2 Å². The highest BCUT2D eigenvalue weighted by molar-refractivity contribution is 6.32. The second kappa shape index (κ2) is 7.84. The molecule has 0 aliphatic heterocycles. The van der Waals surface area contributed by atoms with Crippen molar-refractivity contribution in [2.24, 2.45) is 5.92 Å². The molecule has 0 amide bonds. The van der Waals surface area contributed by atoms with Gasteiger partial charge in [-0.3, -0.25) is 0 Å². The Labute approximate surface area is 132 Å². The number of halogens is 2. The van der Waals surface area contributed by atoms with Crippen molar-refractivity contribution < 1.29 is 9.13 Å². The second-order valence-electron chi connectivity index (χ2n) is 5.75. The van der Waals surface area contributed by atoms with Crippen LogP contribution in [-0.2, 0) is 0 Å². The molecule has 0 saturated heterocycles. The highest BCUT2D eigenvalue weighted by Gasteiger charge is 2.19. The van der Waals surface area contributed by atoms with Gasteiger partial charge in [0.15, 0.2) is 11.6 Å². The maximum absolute atomic E-state index is 14.3. The maximum atomic E-state index is 14.3. The van der Waals surface area contributed by atoms with Crippen molar-refractivity contribution in [2.45, 2.75) is 52.4 Å². The predicted octanol–water partition coefficient (Wildman–Crippen LogP) is 6.25. The lowest BCUT2D eigenvalue weighted by Crippen LogP contribution is -2.06. The number of allylic oxidation sites excluding steroid dienone is 2. The van der Waals surface area contributed by atoms with Gasteiger partial charge in [-0.25, -0.2) is 4.39 Å². The van der Waals surface area contributed by atoms with Crippen molar-refractivity contribution in [3.63, 3.8) is 0 Å². The van der Waals surface area contributed by atoms with Crippen LogP contribution in [0.5, 0.6) is 5.75 Å². The third-order valence-electron chi connectivity index (χ3n) is 4.07. The van der Waals surface area contributed by atoms with E-state index in [2.05, 4.69) is 13.0 Å². The third-order valence-corrected chi connectivity index (χ3v) is 4.44. The molecular weight excluding hydrogens is 287 g/mol. The highest BCUT2D eigenvalue weighted by Crippen LogP contribution is 2.38. The molecule has 21 heavy (non-hydrogen) atoms. The molecule has 1 aromatic carbocycles. The Morgan fingerprint density at radius 2 is 2.10 bits per heavy atom. The summed E-state index contributed by atoms with van der Waals surface area (Å²) < 4.78 is 19.6. The number of benzene rings is 1. The molecule has 0 aromatic heterocycles. The van der Waals surface area contributed by atoms with Gasteiger partial charge < -0.3 is 4.74 Å². The molecule has 1 aliphatic rings. The molecule has 1 aliphatic carbocycles. The fourth-order valence-electron chi connectivity index (χ4n) is 2.91. The first-order chi connectivity index (χ1) is 10.2. The van der Waals surface area contributed by atoms with Crippen molar-refractivity contribution in [3.05, 3.63) is 34.6 Å².